The molecular weight excluding hydrogens is 329 g/mol. The summed E-state index contributed by atoms with van der Waals surface area (Å²) in [5.74, 6) is -2.73. The van der Waals surface area contributed by atoms with Crippen LogP contribution in [0.15, 0.2) is 21.5 Å². The molecular formula is C10H9BrFNO4S. The molecule has 18 heavy (non-hydrogen) atoms. The number of hydrogen-bond acceptors (Lipinski definition) is 3. The lowest BCUT2D eigenvalue weighted by Crippen LogP contribution is -2.42. The molecule has 0 bridgehead atoms. The Labute approximate surface area is 111 Å². The number of carbonyl (C=O) groups is 1. The normalized spacial score (nSPS) is 16.3. The molecule has 1 fully saturated rings. The van der Waals surface area contributed by atoms with E-state index in [1.54, 1.807) is 0 Å². The molecule has 5 nitrogen and oxygen atoms in total. The number of carboxylic acids is 1. The van der Waals surface area contributed by atoms with Gasteiger partial charge in [0, 0.05) is 17.6 Å². The first-order valence-corrected chi connectivity index (χ1v) is 7.30. The molecule has 1 aromatic carbocycles. The third-order valence-electron chi connectivity index (χ3n) is 2.67. The molecule has 98 valence electrons. The second-order valence-electron chi connectivity index (χ2n) is 3.83. The number of benzene rings is 1. The number of halogens is 2. The fraction of sp³-hybridized carbons (Fsp3) is 0.300. The van der Waals surface area contributed by atoms with Crippen molar-refractivity contribution in [2.75, 3.05) is 13.1 Å². The van der Waals surface area contributed by atoms with Crippen LogP contribution in [0.3, 0.4) is 0 Å². The molecule has 1 aliphatic heterocycles. The fourth-order valence-electron chi connectivity index (χ4n) is 1.57. The largest absolute Gasteiger partial charge is 0.478 e. The monoisotopic (exact) mass is 337 g/mol. The highest BCUT2D eigenvalue weighted by molar-refractivity contribution is 9.10. The SMILES string of the molecule is O=C(O)c1cc(Br)cc(S(=O)(=O)N2CCC2)c1F. The van der Waals surface area contributed by atoms with E-state index in [1.165, 1.54) is 0 Å². The van der Waals surface area contributed by atoms with Gasteiger partial charge in [0.25, 0.3) is 0 Å². The Hall–Kier alpha value is -0.990. The van der Waals surface area contributed by atoms with E-state index in [0.717, 1.165) is 22.9 Å². The number of carboxylic acid groups (broad SMARTS) is 1. The summed E-state index contributed by atoms with van der Waals surface area (Å²) in [4.78, 5) is 10.2. The van der Waals surface area contributed by atoms with Gasteiger partial charge in [-0.1, -0.05) is 15.9 Å². The lowest BCUT2D eigenvalue weighted by Gasteiger charge is -2.29. The number of hydrogen-bond donors (Lipinski definition) is 1. The molecule has 1 N–H and O–H groups in total. The Bertz CT molecular complexity index is 613. The predicted octanol–water partition coefficient (Wildman–Crippen LogP) is 1.68. The highest BCUT2D eigenvalue weighted by Gasteiger charge is 2.33. The predicted molar refractivity (Wildman–Crippen MR) is 64.4 cm³/mol. The highest BCUT2D eigenvalue weighted by atomic mass is 79.9. The van der Waals surface area contributed by atoms with Crippen molar-refractivity contribution in [2.24, 2.45) is 0 Å². The summed E-state index contributed by atoms with van der Waals surface area (Å²) in [6, 6.07) is 2.11. The minimum absolute atomic E-state index is 0.209. The summed E-state index contributed by atoms with van der Waals surface area (Å²) < 4.78 is 39.3. The molecule has 0 unspecified atom stereocenters. The van der Waals surface area contributed by atoms with Crippen LogP contribution in [-0.4, -0.2) is 36.9 Å². The van der Waals surface area contributed by atoms with Crippen molar-refractivity contribution in [1.82, 2.24) is 4.31 Å². The molecule has 0 aromatic heterocycles. The van der Waals surface area contributed by atoms with E-state index in [2.05, 4.69) is 15.9 Å². The van der Waals surface area contributed by atoms with Gasteiger partial charge in [0.1, 0.15) is 4.90 Å². The summed E-state index contributed by atoms with van der Waals surface area (Å²) >= 11 is 2.98. The van der Waals surface area contributed by atoms with Gasteiger partial charge < -0.3 is 5.11 Å². The highest BCUT2D eigenvalue weighted by Crippen LogP contribution is 2.28. The molecule has 1 heterocycles. The Kier molecular flexibility index (Phi) is 3.43. The van der Waals surface area contributed by atoms with Crippen LogP contribution in [0, 0.1) is 5.82 Å². The quantitative estimate of drug-likeness (QED) is 0.910. The van der Waals surface area contributed by atoms with Gasteiger partial charge in [-0.05, 0) is 18.6 Å². The number of nitrogens with zero attached hydrogens (tertiary/aromatic N) is 1. The van der Waals surface area contributed by atoms with E-state index in [-0.39, 0.29) is 4.47 Å². The average molecular weight is 338 g/mol. The smallest absolute Gasteiger partial charge is 0.338 e. The van der Waals surface area contributed by atoms with Crippen molar-refractivity contribution < 1.29 is 22.7 Å². The van der Waals surface area contributed by atoms with E-state index < -0.39 is 32.3 Å². The van der Waals surface area contributed by atoms with Gasteiger partial charge in [-0.25, -0.2) is 17.6 Å². The van der Waals surface area contributed by atoms with Gasteiger partial charge >= 0.3 is 5.97 Å². The standard InChI is InChI=1S/C10H9BrFNO4S/c11-6-4-7(10(14)15)9(12)8(5-6)18(16,17)13-2-1-3-13/h4-5H,1-3H2,(H,14,15). The van der Waals surface area contributed by atoms with Crippen molar-refractivity contribution in [3.8, 4) is 0 Å². The Morgan fingerprint density at radius 3 is 2.44 bits per heavy atom. The Morgan fingerprint density at radius 1 is 1.39 bits per heavy atom. The summed E-state index contributed by atoms with van der Waals surface area (Å²) in [7, 11) is -3.95. The van der Waals surface area contributed by atoms with Crippen LogP contribution in [0.2, 0.25) is 0 Å². The first kappa shape index (κ1) is 13.4. The molecule has 0 aliphatic carbocycles. The van der Waals surface area contributed by atoms with Crippen molar-refractivity contribution in [3.05, 3.63) is 28.0 Å². The van der Waals surface area contributed by atoms with Crippen LogP contribution in [-0.2, 0) is 10.0 Å². The van der Waals surface area contributed by atoms with Crippen LogP contribution in [0.4, 0.5) is 4.39 Å². The van der Waals surface area contributed by atoms with Crippen LogP contribution < -0.4 is 0 Å². The second kappa shape index (κ2) is 4.60. The molecule has 1 aliphatic rings. The van der Waals surface area contributed by atoms with Gasteiger partial charge in [0.15, 0.2) is 5.82 Å². The third kappa shape index (κ3) is 2.15. The van der Waals surface area contributed by atoms with Crippen LogP contribution >= 0.6 is 15.9 Å². The minimum Gasteiger partial charge on any atom is -0.478 e. The zero-order valence-electron chi connectivity index (χ0n) is 9.06. The molecule has 2 rings (SSSR count). The number of rotatable bonds is 3. The Morgan fingerprint density at radius 2 is 2.00 bits per heavy atom. The van der Waals surface area contributed by atoms with Crippen molar-refractivity contribution in [2.45, 2.75) is 11.3 Å². The number of sulfonamides is 1. The lowest BCUT2D eigenvalue weighted by atomic mass is 10.2. The van der Waals surface area contributed by atoms with Gasteiger partial charge in [-0.2, -0.15) is 4.31 Å². The topological polar surface area (TPSA) is 74.7 Å². The first-order chi connectivity index (χ1) is 8.34. The van der Waals surface area contributed by atoms with Crippen LogP contribution in [0.1, 0.15) is 16.8 Å². The molecule has 0 radical (unpaired) electrons. The van der Waals surface area contributed by atoms with Crippen LogP contribution in [0.5, 0.6) is 0 Å². The van der Waals surface area contributed by atoms with E-state index >= 15 is 0 Å². The van der Waals surface area contributed by atoms with Crippen molar-refractivity contribution in [3.63, 3.8) is 0 Å². The average Bonchev–Trinajstić information content (AvgIpc) is 2.17. The van der Waals surface area contributed by atoms with Gasteiger partial charge in [0.2, 0.25) is 10.0 Å². The minimum atomic E-state index is -3.95. The fourth-order valence-corrected chi connectivity index (χ4v) is 3.81. The maximum Gasteiger partial charge on any atom is 0.338 e. The van der Waals surface area contributed by atoms with Gasteiger partial charge in [-0.15, -0.1) is 0 Å². The maximum absolute atomic E-state index is 13.9. The van der Waals surface area contributed by atoms with Gasteiger partial charge in [-0.3, -0.25) is 0 Å². The van der Waals surface area contributed by atoms with E-state index in [4.69, 9.17) is 5.11 Å². The van der Waals surface area contributed by atoms with Gasteiger partial charge in [0.05, 0.1) is 5.56 Å². The zero-order valence-corrected chi connectivity index (χ0v) is 11.5. The van der Waals surface area contributed by atoms with Crippen LogP contribution in [0.25, 0.3) is 0 Å². The summed E-state index contributed by atoms with van der Waals surface area (Å²) in [5.41, 5.74) is -0.663. The zero-order chi connectivity index (χ0) is 13.5. The van der Waals surface area contributed by atoms with E-state index in [0.29, 0.717) is 13.1 Å². The summed E-state index contributed by atoms with van der Waals surface area (Å²) in [6.07, 6.45) is 0.723. The molecule has 0 spiro atoms. The Balaban J connectivity index is 2.61. The summed E-state index contributed by atoms with van der Waals surface area (Å²) in [5, 5.41) is 8.82. The molecule has 1 saturated heterocycles. The maximum atomic E-state index is 13.9. The van der Waals surface area contributed by atoms with Crippen molar-refractivity contribution in [1.29, 1.82) is 0 Å². The molecule has 0 atom stereocenters. The molecule has 0 amide bonds. The summed E-state index contributed by atoms with van der Waals surface area (Å²) in [6.45, 7) is 0.660. The molecule has 8 heteroatoms. The van der Waals surface area contributed by atoms with E-state index in [1.807, 2.05) is 0 Å². The third-order valence-corrected chi connectivity index (χ3v) is 5.02. The molecule has 1 aromatic rings. The molecule has 0 saturated carbocycles. The number of aromatic carboxylic acids is 1. The first-order valence-electron chi connectivity index (χ1n) is 5.06. The second-order valence-corrected chi connectivity index (χ2v) is 6.65. The lowest BCUT2D eigenvalue weighted by molar-refractivity contribution is 0.0691. The van der Waals surface area contributed by atoms with Crippen molar-refractivity contribution >= 4 is 31.9 Å². The van der Waals surface area contributed by atoms with E-state index in [9.17, 15) is 17.6 Å².